The molecule has 2 heterocycles. The van der Waals surface area contributed by atoms with Gasteiger partial charge in [0.05, 0.1) is 6.10 Å². The highest BCUT2D eigenvalue weighted by Gasteiger charge is 2.41. The van der Waals surface area contributed by atoms with E-state index in [1.807, 2.05) is 0 Å². The molecule has 0 bridgehead atoms. The molecular formula is C14H28N2O. The Balaban J connectivity index is 2.14. The van der Waals surface area contributed by atoms with Crippen LogP contribution in [0, 0.1) is 0 Å². The van der Waals surface area contributed by atoms with Crippen LogP contribution in [0.25, 0.3) is 0 Å². The van der Waals surface area contributed by atoms with Gasteiger partial charge in [0.2, 0.25) is 0 Å². The second-order valence-corrected chi connectivity index (χ2v) is 5.96. The molecule has 2 aliphatic heterocycles. The largest absolute Gasteiger partial charge is 0.378 e. The third kappa shape index (κ3) is 2.83. The molecule has 3 unspecified atom stereocenters. The van der Waals surface area contributed by atoms with Crippen LogP contribution in [0.4, 0.5) is 0 Å². The van der Waals surface area contributed by atoms with Crippen molar-refractivity contribution in [3.63, 3.8) is 0 Å². The van der Waals surface area contributed by atoms with Gasteiger partial charge in [0, 0.05) is 24.7 Å². The van der Waals surface area contributed by atoms with Crippen molar-refractivity contribution < 1.29 is 4.74 Å². The molecule has 2 saturated heterocycles. The van der Waals surface area contributed by atoms with Crippen molar-refractivity contribution in [2.75, 3.05) is 19.7 Å². The number of hydrogen-bond donors (Lipinski definition) is 1. The van der Waals surface area contributed by atoms with Crippen molar-refractivity contribution in [2.24, 2.45) is 5.73 Å². The second kappa shape index (κ2) is 5.68. The van der Waals surface area contributed by atoms with Gasteiger partial charge in [0.25, 0.3) is 0 Å². The molecule has 3 nitrogen and oxygen atoms in total. The Hall–Kier alpha value is -0.120. The maximum Gasteiger partial charge on any atom is 0.0565 e. The minimum Gasteiger partial charge on any atom is -0.378 e. The molecule has 2 aliphatic rings. The molecule has 0 saturated carbocycles. The zero-order valence-electron chi connectivity index (χ0n) is 11.5. The first kappa shape index (κ1) is 13.3. The first-order chi connectivity index (χ1) is 8.18. The Labute approximate surface area is 106 Å². The lowest BCUT2D eigenvalue weighted by atomic mass is 9.83. The molecule has 3 atom stereocenters. The van der Waals surface area contributed by atoms with E-state index < -0.39 is 0 Å². The van der Waals surface area contributed by atoms with Crippen LogP contribution in [0.2, 0.25) is 0 Å². The number of likely N-dealkylation sites (tertiary alicyclic amines) is 1. The normalized spacial score (nSPS) is 41.1. The Bertz CT molecular complexity index is 246. The summed E-state index contributed by atoms with van der Waals surface area (Å²) < 4.78 is 5.71. The van der Waals surface area contributed by atoms with Gasteiger partial charge in [-0.2, -0.15) is 0 Å². The van der Waals surface area contributed by atoms with Gasteiger partial charge >= 0.3 is 0 Å². The Morgan fingerprint density at radius 2 is 2.12 bits per heavy atom. The highest BCUT2D eigenvalue weighted by molar-refractivity contribution is 4.98. The summed E-state index contributed by atoms with van der Waals surface area (Å²) >= 11 is 0. The third-order valence-corrected chi connectivity index (χ3v) is 4.68. The molecule has 0 amide bonds. The first-order valence-corrected chi connectivity index (χ1v) is 7.26. The standard InChI is InChI=1S/C14H28N2O/c1-12-6-4-3-5-8-16(12)14(11-15)7-9-17-13(2)10-14/h12-13H,3-11,15H2,1-2H3. The van der Waals surface area contributed by atoms with Gasteiger partial charge in [-0.3, -0.25) is 4.90 Å². The monoisotopic (exact) mass is 240 g/mol. The number of rotatable bonds is 2. The van der Waals surface area contributed by atoms with Crippen LogP contribution in [0.15, 0.2) is 0 Å². The quantitative estimate of drug-likeness (QED) is 0.804. The predicted octanol–water partition coefficient (Wildman–Crippen LogP) is 2.15. The molecule has 3 heteroatoms. The van der Waals surface area contributed by atoms with Crippen LogP contribution in [-0.2, 0) is 4.74 Å². The Morgan fingerprint density at radius 3 is 2.82 bits per heavy atom. The van der Waals surface area contributed by atoms with Crippen molar-refractivity contribution in [3.05, 3.63) is 0 Å². The van der Waals surface area contributed by atoms with Gasteiger partial charge in [0.1, 0.15) is 0 Å². The van der Waals surface area contributed by atoms with Crippen LogP contribution in [0.1, 0.15) is 52.4 Å². The van der Waals surface area contributed by atoms with E-state index in [9.17, 15) is 0 Å². The average Bonchev–Trinajstić information content (AvgIpc) is 2.54. The molecule has 0 radical (unpaired) electrons. The number of nitrogens with zero attached hydrogens (tertiary/aromatic N) is 1. The van der Waals surface area contributed by atoms with E-state index in [0.29, 0.717) is 12.1 Å². The van der Waals surface area contributed by atoms with Gasteiger partial charge in [-0.1, -0.05) is 12.8 Å². The zero-order valence-corrected chi connectivity index (χ0v) is 11.5. The van der Waals surface area contributed by atoms with E-state index in [-0.39, 0.29) is 5.54 Å². The summed E-state index contributed by atoms with van der Waals surface area (Å²) in [6.07, 6.45) is 8.00. The fourth-order valence-electron chi connectivity index (χ4n) is 3.69. The number of nitrogens with two attached hydrogens (primary N) is 1. The fraction of sp³-hybridized carbons (Fsp3) is 1.00. The lowest BCUT2D eigenvalue weighted by Gasteiger charge is -2.49. The molecule has 0 spiro atoms. The second-order valence-electron chi connectivity index (χ2n) is 5.96. The van der Waals surface area contributed by atoms with E-state index in [4.69, 9.17) is 10.5 Å². The Morgan fingerprint density at radius 1 is 1.29 bits per heavy atom. The van der Waals surface area contributed by atoms with Crippen LogP contribution in [0.5, 0.6) is 0 Å². The lowest BCUT2D eigenvalue weighted by Crippen LogP contribution is -2.60. The molecule has 2 rings (SSSR count). The van der Waals surface area contributed by atoms with E-state index in [1.54, 1.807) is 0 Å². The number of ether oxygens (including phenoxy) is 1. The highest BCUT2D eigenvalue weighted by atomic mass is 16.5. The third-order valence-electron chi connectivity index (χ3n) is 4.68. The summed E-state index contributed by atoms with van der Waals surface area (Å²) in [4.78, 5) is 2.71. The van der Waals surface area contributed by atoms with Crippen molar-refractivity contribution in [3.8, 4) is 0 Å². The fourth-order valence-corrected chi connectivity index (χ4v) is 3.69. The summed E-state index contributed by atoms with van der Waals surface area (Å²) in [6, 6.07) is 0.686. The van der Waals surface area contributed by atoms with Gasteiger partial charge in [-0.05, 0) is 46.1 Å². The van der Waals surface area contributed by atoms with Crippen molar-refractivity contribution in [1.29, 1.82) is 0 Å². The molecule has 2 N–H and O–H groups in total. The minimum atomic E-state index is 0.210. The molecular weight excluding hydrogens is 212 g/mol. The predicted molar refractivity (Wildman–Crippen MR) is 71.1 cm³/mol. The summed E-state index contributed by atoms with van der Waals surface area (Å²) in [5, 5.41) is 0. The van der Waals surface area contributed by atoms with Crippen LogP contribution < -0.4 is 5.73 Å². The topological polar surface area (TPSA) is 38.5 Å². The summed E-state index contributed by atoms with van der Waals surface area (Å²) in [5.74, 6) is 0. The first-order valence-electron chi connectivity index (χ1n) is 7.26. The minimum absolute atomic E-state index is 0.210. The highest BCUT2D eigenvalue weighted by Crippen LogP contribution is 2.34. The van der Waals surface area contributed by atoms with Gasteiger partial charge in [-0.15, -0.1) is 0 Å². The van der Waals surface area contributed by atoms with Crippen LogP contribution >= 0.6 is 0 Å². The smallest absolute Gasteiger partial charge is 0.0565 e. The molecule has 0 aromatic heterocycles. The maximum atomic E-state index is 6.15. The zero-order chi connectivity index (χ0) is 12.3. The number of hydrogen-bond acceptors (Lipinski definition) is 3. The van der Waals surface area contributed by atoms with Crippen molar-refractivity contribution in [1.82, 2.24) is 4.90 Å². The summed E-state index contributed by atoms with van der Waals surface area (Å²) in [7, 11) is 0. The summed E-state index contributed by atoms with van der Waals surface area (Å²) in [5.41, 5.74) is 6.36. The molecule has 17 heavy (non-hydrogen) atoms. The van der Waals surface area contributed by atoms with E-state index >= 15 is 0 Å². The Kier molecular flexibility index (Phi) is 4.45. The SMILES string of the molecule is CC1CC(CN)(N2CCCCCC2C)CCO1. The van der Waals surface area contributed by atoms with Crippen LogP contribution in [0.3, 0.4) is 0 Å². The van der Waals surface area contributed by atoms with Crippen molar-refractivity contribution >= 4 is 0 Å². The van der Waals surface area contributed by atoms with Crippen molar-refractivity contribution in [2.45, 2.75) is 70.1 Å². The lowest BCUT2D eigenvalue weighted by molar-refractivity contribution is -0.0745. The van der Waals surface area contributed by atoms with Gasteiger partial charge in [0.15, 0.2) is 0 Å². The van der Waals surface area contributed by atoms with Crippen LogP contribution in [-0.4, -0.2) is 42.3 Å². The average molecular weight is 240 g/mol. The molecule has 100 valence electrons. The van der Waals surface area contributed by atoms with Gasteiger partial charge < -0.3 is 10.5 Å². The summed E-state index contributed by atoms with van der Waals surface area (Å²) in [6.45, 7) is 7.45. The molecule has 0 aromatic carbocycles. The van der Waals surface area contributed by atoms with E-state index in [0.717, 1.165) is 26.0 Å². The van der Waals surface area contributed by atoms with E-state index in [1.165, 1.54) is 32.2 Å². The van der Waals surface area contributed by atoms with Gasteiger partial charge in [-0.25, -0.2) is 0 Å². The maximum absolute atomic E-state index is 6.15. The molecule has 2 fully saturated rings. The van der Waals surface area contributed by atoms with E-state index in [2.05, 4.69) is 18.7 Å². The molecule has 0 aromatic rings. The molecule has 0 aliphatic carbocycles.